The summed E-state index contributed by atoms with van der Waals surface area (Å²) >= 11 is 0. The van der Waals surface area contributed by atoms with Gasteiger partial charge in [0.25, 0.3) is 0 Å². The Kier molecular flexibility index (Phi) is 30.6. The van der Waals surface area contributed by atoms with Crippen LogP contribution in [0.15, 0.2) is 188 Å². The van der Waals surface area contributed by atoms with Crippen molar-refractivity contribution >= 4 is 28.4 Å². The Morgan fingerprint density at radius 2 is 0.658 bits per heavy atom. The van der Waals surface area contributed by atoms with Crippen LogP contribution in [0.2, 0.25) is 0 Å². The lowest BCUT2D eigenvalue weighted by Gasteiger charge is -2.33. The Bertz CT molecular complexity index is 2680. The summed E-state index contributed by atoms with van der Waals surface area (Å²) in [6.45, 7) is 40.0. The molecule has 11 rings (SSSR count). The van der Waals surface area contributed by atoms with Crippen LogP contribution in [0, 0.1) is 0 Å². The van der Waals surface area contributed by atoms with E-state index >= 15 is 0 Å². The number of nitrogens with zero attached hydrogens (tertiary/aromatic N) is 2. The second-order valence-electron chi connectivity index (χ2n) is 14.5. The molecular weight excluding hydrogens is 881 g/mol. The van der Waals surface area contributed by atoms with E-state index in [0.717, 1.165) is 17.8 Å². The van der Waals surface area contributed by atoms with Crippen molar-refractivity contribution in [3.05, 3.63) is 221 Å². The van der Waals surface area contributed by atoms with E-state index in [9.17, 15) is 0 Å². The number of fused-ring (bicyclic) bond motifs is 13. The zero-order chi connectivity index (χ0) is 55.1. The second-order valence-corrected chi connectivity index (χ2v) is 14.5. The average Bonchev–Trinajstić information content (AvgIpc) is 4.15. The van der Waals surface area contributed by atoms with E-state index in [0.29, 0.717) is 0 Å². The van der Waals surface area contributed by atoms with Crippen LogP contribution in [0.4, 0.5) is 28.4 Å². The Balaban J connectivity index is 0.00000120. The molecule has 0 bridgehead atoms. The molecule has 0 amide bonds. The number of hydrogen-bond acceptors (Lipinski definition) is 2. The van der Waals surface area contributed by atoms with Crippen molar-refractivity contribution in [2.24, 2.45) is 0 Å². The molecule has 2 heteroatoms. The number of anilines is 5. The van der Waals surface area contributed by atoms with Crippen LogP contribution in [0.1, 0.15) is 172 Å². The Labute approximate surface area is 448 Å². The van der Waals surface area contributed by atoms with Crippen LogP contribution in [0.3, 0.4) is 0 Å². The molecule has 0 saturated heterocycles. The summed E-state index contributed by atoms with van der Waals surface area (Å²) in [5.74, 6) is 0. The molecule has 3 aliphatic rings. The molecule has 0 aromatic heterocycles. The maximum atomic E-state index is 2.50. The van der Waals surface area contributed by atoms with Gasteiger partial charge in [-0.3, -0.25) is 0 Å². The van der Waals surface area contributed by atoms with Crippen molar-refractivity contribution in [3.8, 4) is 33.4 Å². The van der Waals surface area contributed by atoms with E-state index in [-0.39, 0.29) is 0 Å². The van der Waals surface area contributed by atoms with Crippen molar-refractivity contribution in [3.63, 3.8) is 0 Å². The first kappa shape index (κ1) is 64.4. The van der Waals surface area contributed by atoms with E-state index in [1.54, 1.807) is 0 Å². The van der Waals surface area contributed by atoms with Crippen LogP contribution in [0.25, 0.3) is 33.4 Å². The molecule has 8 aromatic rings. The van der Waals surface area contributed by atoms with Crippen molar-refractivity contribution in [2.45, 2.75) is 150 Å². The molecule has 1 spiro atoms. The van der Waals surface area contributed by atoms with Gasteiger partial charge in [0.2, 0.25) is 0 Å². The molecule has 8 aromatic carbocycles. The lowest BCUT2D eigenvalue weighted by molar-refractivity contribution is 0.793. The molecule has 0 unspecified atom stereocenters. The molecule has 0 heterocycles. The quantitative estimate of drug-likeness (QED) is 0.170. The van der Waals surface area contributed by atoms with E-state index in [2.05, 4.69) is 205 Å². The summed E-state index contributed by atoms with van der Waals surface area (Å²) in [4.78, 5) is 4.79. The van der Waals surface area contributed by atoms with Gasteiger partial charge in [-0.1, -0.05) is 272 Å². The highest BCUT2D eigenvalue weighted by molar-refractivity contribution is 5.98. The highest BCUT2D eigenvalue weighted by Crippen LogP contribution is 2.64. The van der Waals surface area contributed by atoms with Crippen molar-refractivity contribution in [2.75, 3.05) is 16.8 Å². The molecule has 0 saturated carbocycles. The van der Waals surface area contributed by atoms with Crippen LogP contribution in [-0.2, 0) is 11.8 Å². The number of benzene rings is 8. The standard InChI is InChI=1S/C51H36N2.10C2H6/c1-52(36-17-4-2-5-18-36)38-27-29-43-44-30-28-39(33-48(44)51(47(43)32-38)45-24-12-10-22-41(45)42-23-11-13-25-46(42)51)53(37-19-6-3-7-20-37)49-26-14-16-35-31-34-15-8-9-21-40(34)50(35)49;10*1-2/h2-30,32-33H,31H2,1H3;10*1-2H3. The van der Waals surface area contributed by atoms with Crippen LogP contribution in [-0.4, -0.2) is 7.05 Å². The van der Waals surface area contributed by atoms with Gasteiger partial charge in [0, 0.05) is 35.4 Å². The first-order chi connectivity index (χ1) is 36.2. The van der Waals surface area contributed by atoms with Gasteiger partial charge in [-0.05, 0) is 122 Å². The lowest BCUT2D eigenvalue weighted by atomic mass is 9.70. The zero-order valence-corrected chi connectivity index (χ0v) is 49.5. The van der Waals surface area contributed by atoms with Gasteiger partial charge in [-0.2, -0.15) is 0 Å². The van der Waals surface area contributed by atoms with Gasteiger partial charge < -0.3 is 9.80 Å². The van der Waals surface area contributed by atoms with Gasteiger partial charge >= 0.3 is 0 Å². The van der Waals surface area contributed by atoms with Gasteiger partial charge in [-0.15, -0.1) is 0 Å². The first-order valence-electron chi connectivity index (χ1n) is 28.5. The van der Waals surface area contributed by atoms with Crippen LogP contribution >= 0.6 is 0 Å². The Hall–Kier alpha value is -6.64. The van der Waals surface area contributed by atoms with Gasteiger partial charge in [0.15, 0.2) is 0 Å². The van der Waals surface area contributed by atoms with Crippen molar-refractivity contribution in [1.82, 2.24) is 0 Å². The smallest absolute Gasteiger partial charge is 0.0727 e. The number of rotatable bonds is 5. The van der Waals surface area contributed by atoms with Crippen LogP contribution < -0.4 is 9.80 Å². The SMILES string of the molecule is CC.CC.CC.CC.CC.CC.CC.CC.CC.CC.CN(c1ccccc1)c1ccc2c(c1)C1(c3ccccc3-c3ccccc31)c1cc(N(c3ccccc3)c3cccc4c3-c3ccccc3C4)ccc1-2. The molecule has 2 nitrogen and oxygen atoms in total. The predicted octanol–water partition coefficient (Wildman–Crippen LogP) is 23.1. The summed E-state index contributed by atoms with van der Waals surface area (Å²) in [5, 5.41) is 0. The molecule has 0 fully saturated rings. The van der Waals surface area contributed by atoms with E-state index in [4.69, 9.17) is 0 Å². The van der Waals surface area contributed by atoms with Crippen LogP contribution in [0.5, 0.6) is 0 Å². The molecule has 3 aliphatic carbocycles. The molecule has 73 heavy (non-hydrogen) atoms. The summed E-state index contributed by atoms with van der Waals surface area (Å²) in [5.41, 5.74) is 21.4. The summed E-state index contributed by atoms with van der Waals surface area (Å²) in [6, 6.07) is 69.8. The first-order valence-corrected chi connectivity index (χ1v) is 28.5. The van der Waals surface area contributed by atoms with Gasteiger partial charge in [-0.25, -0.2) is 0 Å². The average molecular weight is 978 g/mol. The zero-order valence-electron chi connectivity index (χ0n) is 49.5. The molecule has 0 N–H and O–H groups in total. The van der Waals surface area contributed by atoms with Crippen molar-refractivity contribution < 1.29 is 0 Å². The van der Waals surface area contributed by atoms with Gasteiger partial charge in [0.05, 0.1) is 11.1 Å². The normalized spacial score (nSPS) is 10.6. The number of para-hydroxylation sites is 2. The minimum Gasteiger partial charge on any atom is -0.345 e. The maximum absolute atomic E-state index is 2.50. The molecule has 0 atom stereocenters. The van der Waals surface area contributed by atoms with E-state index < -0.39 is 5.41 Å². The third kappa shape index (κ3) is 12.9. The summed E-state index contributed by atoms with van der Waals surface area (Å²) in [7, 11) is 2.18. The van der Waals surface area contributed by atoms with E-state index in [1.165, 1.54) is 83.8 Å². The fourth-order valence-corrected chi connectivity index (χ4v) is 9.62. The molecule has 0 aliphatic heterocycles. The van der Waals surface area contributed by atoms with E-state index in [1.807, 2.05) is 138 Å². The molecule has 0 radical (unpaired) electrons. The third-order valence-corrected chi connectivity index (χ3v) is 11.9. The lowest BCUT2D eigenvalue weighted by Crippen LogP contribution is -2.26. The largest absolute Gasteiger partial charge is 0.345 e. The Morgan fingerprint density at radius 3 is 1.15 bits per heavy atom. The molecular formula is C71H96N2. The minimum atomic E-state index is -0.477. The minimum absolute atomic E-state index is 0.477. The molecule has 390 valence electrons. The third-order valence-electron chi connectivity index (χ3n) is 11.9. The summed E-state index contributed by atoms with van der Waals surface area (Å²) < 4.78 is 0. The highest BCUT2D eigenvalue weighted by atomic mass is 15.1. The Morgan fingerprint density at radius 1 is 0.288 bits per heavy atom. The maximum Gasteiger partial charge on any atom is 0.0727 e. The second kappa shape index (κ2) is 34.7. The highest BCUT2D eigenvalue weighted by Gasteiger charge is 2.52. The van der Waals surface area contributed by atoms with Crippen molar-refractivity contribution in [1.29, 1.82) is 0 Å². The number of hydrogen-bond donors (Lipinski definition) is 0. The fourth-order valence-electron chi connectivity index (χ4n) is 9.62. The topological polar surface area (TPSA) is 6.48 Å². The fraction of sp³-hybridized carbons (Fsp3) is 0.324. The van der Waals surface area contributed by atoms with Gasteiger partial charge in [0.1, 0.15) is 0 Å². The predicted molar refractivity (Wildman–Crippen MR) is 334 cm³/mol. The summed E-state index contributed by atoms with van der Waals surface area (Å²) in [6.07, 6.45) is 0.956. The monoisotopic (exact) mass is 977 g/mol.